The molecule has 0 aromatic carbocycles. The molecule has 36 heavy (non-hydrogen) atoms. The molecule has 2 unspecified atom stereocenters. The van der Waals surface area contributed by atoms with Gasteiger partial charge in [0.25, 0.3) is 0 Å². The molecule has 1 spiro atoms. The maximum atomic E-state index is 14.4. The Morgan fingerprint density at radius 2 is 1.92 bits per heavy atom. The quantitative estimate of drug-likeness (QED) is 0.567. The number of urea groups is 1. The number of aliphatic hydroxyl groups is 1. The highest BCUT2D eigenvalue weighted by molar-refractivity contribution is 5.95. The molecule has 5 rings (SSSR count). The molecule has 3 aliphatic carbocycles. The van der Waals surface area contributed by atoms with Crippen LogP contribution >= 0.6 is 0 Å². The van der Waals surface area contributed by atoms with Gasteiger partial charge in [-0.2, -0.15) is 0 Å². The Balaban J connectivity index is 1.41. The summed E-state index contributed by atoms with van der Waals surface area (Å²) in [4.78, 5) is 23.2. The number of carbonyl (C=O) groups excluding carboxylic acids is 1. The average Bonchev–Trinajstić information content (AvgIpc) is 3.03. The van der Waals surface area contributed by atoms with E-state index in [0.717, 1.165) is 31.5 Å². The van der Waals surface area contributed by atoms with Crippen molar-refractivity contribution in [3.63, 3.8) is 0 Å². The summed E-state index contributed by atoms with van der Waals surface area (Å²) in [6.45, 7) is 0.521. The first-order chi connectivity index (χ1) is 16.8. The molecule has 2 atom stereocenters. The van der Waals surface area contributed by atoms with Crippen molar-refractivity contribution in [2.45, 2.75) is 87.0 Å². The van der Waals surface area contributed by atoms with Crippen molar-refractivity contribution in [1.29, 1.82) is 0 Å². The summed E-state index contributed by atoms with van der Waals surface area (Å²) in [6, 6.07) is 2.18. The number of nitrogens with zero attached hydrogens (tertiary/aromatic N) is 4. The van der Waals surface area contributed by atoms with Gasteiger partial charge in [-0.3, -0.25) is 4.90 Å². The van der Waals surface area contributed by atoms with Crippen molar-refractivity contribution in [3.05, 3.63) is 18.3 Å². The smallest absolute Gasteiger partial charge is 0.404 e. The fourth-order valence-corrected chi connectivity index (χ4v) is 6.95. The molecule has 1 saturated heterocycles. The molecule has 3 saturated carbocycles. The van der Waals surface area contributed by atoms with Crippen LogP contribution in [0.5, 0.6) is 5.75 Å². The number of ether oxygens (including phenoxy) is 1. The minimum absolute atomic E-state index is 0.177. The van der Waals surface area contributed by atoms with Crippen LogP contribution in [0.25, 0.3) is 0 Å². The van der Waals surface area contributed by atoms with E-state index >= 15 is 0 Å². The summed E-state index contributed by atoms with van der Waals surface area (Å²) in [5, 5.41) is 11.0. The first-order valence-electron chi connectivity index (χ1n) is 12.7. The van der Waals surface area contributed by atoms with Crippen LogP contribution < -0.4 is 9.64 Å². The molecular weight excluding hydrogens is 480 g/mol. The molecule has 4 fully saturated rings. The van der Waals surface area contributed by atoms with Gasteiger partial charge in [0.15, 0.2) is 0 Å². The van der Waals surface area contributed by atoms with Crippen LogP contribution in [0.2, 0.25) is 0 Å². The molecule has 0 bridgehead atoms. The summed E-state index contributed by atoms with van der Waals surface area (Å²) in [6.07, 6.45) is 1.66. The zero-order valence-corrected chi connectivity index (χ0v) is 20.7. The fourth-order valence-electron chi connectivity index (χ4n) is 6.95. The fraction of sp³-hybridized carbons (Fsp3) is 0.760. The number of halogens is 4. The topological polar surface area (TPSA) is 69.1 Å². The van der Waals surface area contributed by atoms with E-state index in [9.17, 15) is 27.5 Å². The van der Waals surface area contributed by atoms with Crippen LogP contribution in [-0.4, -0.2) is 82.3 Å². The molecule has 200 valence electrons. The SMILES string of the molecule is CN(C)[C@]1(C2CCCC(F)C2)C[C@@]2(CN(c3ccc(OC(F)(F)F)cn3)C(=O)N2CC2(O)CCC2)C1. The Bertz CT molecular complexity index is 977. The Kier molecular flexibility index (Phi) is 6.18. The molecule has 4 aliphatic rings. The number of pyridine rings is 1. The van der Waals surface area contributed by atoms with Crippen LogP contribution in [0.1, 0.15) is 57.8 Å². The van der Waals surface area contributed by atoms with Gasteiger partial charge in [-0.1, -0.05) is 6.42 Å². The maximum Gasteiger partial charge on any atom is 0.573 e. The normalized spacial score (nSPS) is 34.2. The van der Waals surface area contributed by atoms with Crippen molar-refractivity contribution < 1.29 is 32.2 Å². The molecule has 2 heterocycles. The van der Waals surface area contributed by atoms with E-state index in [-0.39, 0.29) is 29.9 Å². The van der Waals surface area contributed by atoms with Gasteiger partial charge in [-0.15, -0.1) is 13.2 Å². The van der Waals surface area contributed by atoms with Gasteiger partial charge in [0.1, 0.15) is 17.7 Å². The molecule has 11 heteroatoms. The van der Waals surface area contributed by atoms with Gasteiger partial charge in [0.05, 0.1) is 30.4 Å². The first kappa shape index (κ1) is 25.5. The van der Waals surface area contributed by atoms with Gasteiger partial charge in [-0.25, -0.2) is 14.2 Å². The summed E-state index contributed by atoms with van der Waals surface area (Å²) in [7, 11) is 4.02. The molecule has 7 nitrogen and oxygen atoms in total. The molecule has 1 aromatic rings. The second-order valence-corrected chi connectivity index (χ2v) is 11.5. The number of amides is 2. The number of alkyl halides is 4. The van der Waals surface area contributed by atoms with E-state index < -0.39 is 29.4 Å². The highest BCUT2D eigenvalue weighted by atomic mass is 19.4. The predicted octanol–water partition coefficient (Wildman–Crippen LogP) is 4.50. The molecule has 2 amide bonds. The Morgan fingerprint density at radius 3 is 2.44 bits per heavy atom. The molecule has 1 aromatic heterocycles. The third-order valence-corrected chi connectivity index (χ3v) is 8.99. The van der Waals surface area contributed by atoms with Crippen molar-refractivity contribution in [2.75, 3.05) is 32.1 Å². The molecule has 1 N–H and O–H groups in total. The molecular formula is C25H34F4N4O3. The second kappa shape index (κ2) is 8.72. The van der Waals surface area contributed by atoms with E-state index in [4.69, 9.17) is 0 Å². The van der Waals surface area contributed by atoms with Gasteiger partial charge >= 0.3 is 12.4 Å². The number of β-amino-alcohol motifs (C(OH)–C–C–N with tert-alkyl or cyclic N) is 1. The summed E-state index contributed by atoms with van der Waals surface area (Å²) >= 11 is 0. The van der Waals surface area contributed by atoms with Gasteiger partial charge in [-0.05, 0) is 83.5 Å². The lowest BCUT2D eigenvalue weighted by Gasteiger charge is -2.64. The predicted molar refractivity (Wildman–Crippen MR) is 124 cm³/mol. The van der Waals surface area contributed by atoms with E-state index in [2.05, 4.69) is 14.6 Å². The third kappa shape index (κ3) is 4.42. The Labute approximate surface area is 208 Å². The second-order valence-electron chi connectivity index (χ2n) is 11.5. The molecule has 1 aliphatic heterocycles. The number of anilines is 1. The van der Waals surface area contributed by atoms with Gasteiger partial charge < -0.3 is 19.6 Å². The van der Waals surface area contributed by atoms with Crippen LogP contribution in [0, 0.1) is 5.92 Å². The van der Waals surface area contributed by atoms with Crippen molar-refractivity contribution in [3.8, 4) is 5.75 Å². The minimum atomic E-state index is -4.83. The van der Waals surface area contributed by atoms with Crippen molar-refractivity contribution >= 4 is 11.8 Å². The average molecular weight is 515 g/mol. The van der Waals surface area contributed by atoms with E-state index in [1.54, 1.807) is 4.90 Å². The standard InChI is InChI=1S/C25H34F4N4O3/c1-31(2)24(17-5-3-6-18(26)11-17)13-22(14-24)15-32(21(34)33(22)16-23(35)9-4-10-23)20-8-7-19(12-30-20)36-25(27,28)29/h7-8,12,17-18,35H,3-6,9-11,13-16H2,1-2H3/t17?,18?,22-,24+. The number of rotatable bonds is 6. The lowest BCUT2D eigenvalue weighted by Crippen LogP contribution is -2.73. The third-order valence-electron chi connectivity index (χ3n) is 8.99. The largest absolute Gasteiger partial charge is 0.573 e. The Morgan fingerprint density at radius 1 is 1.19 bits per heavy atom. The Hall–Kier alpha value is -2.14. The number of carbonyl (C=O) groups is 1. The minimum Gasteiger partial charge on any atom is -0.404 e. The zero-order chi connectivity index (χ0) is 25.9. The van der Waals surface area contributed by atoms with Crippen LogP contribution in [0.15, 0.2) is 18.3 Å². The van der Waals surface area contributed by atoms with Crippen LogP contribution in [-0.2, 0) is 0 Å². The summed E-state index contributed by atoms with van der Waals surface area (Å²) < 4.78 is 55.9. The maximum absolute atomic E-state index is 14.4. The van der Waals surface area contributed by atoms with Gasteiger partial charge in [0.2, 0.25) is 0 Å². The summed E-state index contributed by atoms with van der Waals surface area (Å²) in [5.74, 6) is -0.0426. The lowest BCUT2D eigenvalue weighted by atomic mass is 9.53. The zero-order valence-electron chi connectivity index (χ0n) is 20.7. The van der Waals surface area contributed by atoms with E-state index in [1.807, 2.05) is 14.1 Å². The summed E-state index contributed by atoms with van der Waals surface area (Å²) in [5.41, 5.74) is -1.74. The first-order valence-corrected chi connectivity index (χ1v) is 12.7. The van der Waals surface area contributed by atoms with E-state index in [0.29, 0.717) is 45.1 Å². The highest BCUT2D eigenvalue weighted by Crippen LogP contribution is 2.58. The lowest BCUT2D eigenvalue weighted by molar-refractivity contribution is -0.274. The van der Waals surface area contributed by atoms with Crippen molar-refractivity contribution in [1.82, 2.24) is 14.8 Å². The molecule has 0 radical (unpaired) electrons. The number of aromatic nitrogens is 1. The monoisotopic (exact) mass is 514 g/mol. The van der Waals surface area contributed by atoms with Gasteiger partial charge in [0, 0.05) is 5.54 Å². The highest BCUT2D eigenvalue weighted by Gasteiger charge is 2.67. The van der Waals surface area contributed by atoms with Crippen LogP contribution in [0.3, 0.4) is 0 Å². The number of hydrogen-bond acceptors (Lipinski definition) is 5. The number of hydrogen-bond donors (Lipinski definition) is 1. The van der Waals surface area contributed by atoms with Crippen LogP contribution in [0.4, 0.5) is 28.2 Å². The van der Waals surface area contributed by atoms with E-state index in [1.165, 1.54) is 11.0 Å². The van der Waals surface area contributed by atoms with Crippen molar-refractivity contribution in [2.24, 2.45) is 5.92 Å².